The second kappa shape index (κ2) is 11.2. The fraction of sp³-hybridized carbons (Fsp3) is 0.714. The van der Waals surface area contributed by atoms with Crippen molar-refractivity contribution in [1.82, 2.24) is 9.80 Å². The zero-order chi connectivity index (χ0) is 27.0. The van der Waals surface area contributed by atoms with E-state index in [0.29, 0.717) is 22.6 Å². The van der Waals surface area contributed by atoms with E-state index in [1.807, 2.05) is 51.3 Å². The molecule has 2 aliphatic heterocycles. The smallest absolute Gasteiger partial charge is 0.410 e. The van der Waals surface area contributed by atoms with Gasteiger partial charge in [-0.15, -0.1) is 0 Å². The molecule has 0 saturated carbocycles. The third kappa shape index (κ3) is 7.13. The highest BCUT2D eigenvalue weighted by Crippen LogP contribution is 2.53. The van der Waals surface area contributed by atoms with Crippen molar-refractivity contribution in [3.05, 3.63) is 24.3 Å². The lowest BCUT2D eigenvalue weighted by Gasteiger charge is -2.46. The van der Waals surface area contributed by atoms with Crippen LogP contribution in [0, 0.1) is 0 Å². The number of nitrogens with zero attached hydrogens (tertiary/aromatic N) is 2. The van der Waals surface area contributed by atoms with E-state index in [1.54, 1.807) is 0 Å². The van der Waals surface area contributed by atoms with E-state index in [4.69, 9.17) is 9.47 Å². The SMILES string of the molecule is C[C@@H]1CN(C(=O)OC(C)(C)C)C[C@@H](C)P1c1ccccc1P1[C@H](C)CN(C(=O)OC(C)(C)C)C[C@H]1C. The highest BCUT2D eigenvalue weighted by atomic mass is 31.1. The Labute approximate surface area is 221 Å². The van der Waals surface area contributed by atoms with Crippen LogP contribution in [0.2, 0.25) is 0 Å². The van der Waals surface area contributed by atoms with Crippen LogP contribution in [0.1, 0.15) is 69.2 Å². The van der Waals surface area contributed by atoms with Crippen molar-refractivity contribution in [3.63, 3.8) is 0 Å². The molecule has 0 radical (unpaired) electrons. The molecule has 6 nitrogen and oxygen atoms in total. The highest BCUT2D eigenvalue weighted by molar-refractivity contribution is 7.73. The first-order valence-corrected chi connectivity index (χ1v) is 16.1. The van der Waals surface area contributed by atoms with Crippen LogP contribution in [0.5, 0.6) is 0 Å². The number of ether oxygens (including phenoxy) is 2. The molecule has 8 heteroatoms. The number of carbonyl (C=O) groups is 2. The number of amides is 2. The maximum absolute atomic E-state index is 12.8. The largest absolute Gasteiger partial charge is 0.444 e. The summed E-state index contributed by atoms with van der Waals surface area (Å²) in [4.78, 5) is 29.4. The molecule has 0 spiro atoms. The quantitative estimate of drug-likeness (QED) is 0.438. The first kappa shape index (κ1) is 29.2. The van der Waals surface area contributed by atoms with Crippen molar-refractivity contribution in [2.24, 2.45) is 0 Å². The molecule has 2 aliphatic rings. The van der Waals surface area contributed by atoms with Gasteiger partial charge in [0.25, 0.3) is 0 Å². The van der Waals surface area contributed by atoms with E-state index < -0.39 is 27.0 Å². The minimum absolute atomic E-state index is 0.203. The summed E-state index contributed by atoms with van der Waals surface area (Å²) in [6.07, 6.45) is -0.407. The third-order valence-electron chi connectivity index (χ3n) is 6.58. The summed E-state index contributed by atoms with van der Waals surface area (Å²) < 4.78 is 11.4. The molecular weight excluding hydrogens is 490 g/mol. The molecule has 4 atom stereocenters. The number of carbonyl (C=O) groups excluding carboxylic acids is 2. The molecule has 2 fully saturated rings. The first-order valence-electron chi connectivity index (χ1n) is 13.2. The van der Waals surface area contributed by atoms with E-state index in [2.05, 4.69) is 52.0 Å². The van der Waals surface area contributed by atoms with Crippen LogP contribution in [0.15, 0.2) is 24.3 Å². The van der Waals surface area contributed by atoms with Crippen LogP contribution >= 0.6 is 15.8 Å². The highest BCUT2D eigenvalue weighted by Gasteiger charge is 2.41. The van der Waals surface area contributed by atoms with E-state index in [0.717, 1.165) is 26.2 Å². The van der Waals surface area contributed by atoms with Gasteiger partial charge in [0, 0.05) is 26.2 Å². The molecule has 2 heterocycles. The molecule has 1 aromatic carbocycles. The van der Waals surface area contributed by atoms with Crippen LogP contribution in [0.4, 0.5) is 9.59 Å². The van der Waals surface area contributed by atoms with Crippen molar-refractivity contribution in [1.29, 1.82) is 0 Å². The Morgan fingerprint density at radius 1 is 0.667 bits per heavy atom. The Hall–Kier alpha value is -1.38. The van der Waals surface area contributed by atoms with Crippen molar-refractivity contribution in [3.8, 4) is 0 Å². The molecule has 2 amide bonds. The van der Waals surface area contributed by atoms with Crippen molar-refractivity contribution in [2.45, 2.75) is 103 Å². The summed E-state index contributed by atoms with van der Waals surface area (Å²) in [5.41, 5.74) is 0.590. The number of hydrogen-bond acceptors (Lipinski definition) is 4. The van der Waals surface area contributed by atoms with E-state index in [9.17, 15) is 9.59 Å². The number of benzene rings is 1. The van der Waals surface area contributed by atoms with Gasteiger partial charge < -0.3 is 19.3 Å². The second-order valence-electron chi connectivity index (χ2n) is 12.5. The lowest BCUT2D eigenvalue weighted by molar-refractivity contribution is 0.0234. The Balaban J connectivity index is 1.80. The molecule has 0 aliphatic carbocycles. The monoisotopic (exact) mass is 536 g/mol. The van der Waals surface area contributed by atoms with Gasteiger partial charge in [-0.2, -0.15) is 0 Å². The third-order valence-corrected chi connectivity index (χ3v) is 13.1. The zero-order valence-corrected chi connectivity index (χ0v) is 25.7. The lowest BCUT2D eigenvalue weighted by atomic mass is 10.2. The van der Waals surface area contributed by atoms with Gasteiger partial charge in [-0.1, -0.05) is 67.8 Å². The maximum atomic E-state index is 12.8. The minimum Gasteiger partial charge on any atom is -0.444 e. The normalized spacial score (nSPS) is 26.6. The van der Waals surface area contributed by atoms with Gasteiger partial charge in [0.2, 0.25) is 0 Å². The summed E-state index contributed by atoms with van der Waals surface area (Å²) in [6, 6.07) is 9.00. The summed E-state index contributed by atoms with van der Waals surface area (Å²) in [6.45, 7) is 23.6. The predicted octanol–water partition coefficient (Wildman–Crippen LogP) is 5.96. The van der Waals surface area contributed by atoms with Crippen LogP contribution in [0.25, 0.3) is 0 Å². The molecule has 0 unspecified atom stereocenters. The summed E-state index contributed by atoms with van der Waals surface area (Å²) in [7, 11) is -0.876. The van der Waals surface area contributed by atoms with Gasteiger partial charge >= 0.3 is 12.2 Å². The summed E-state index contributed by atoms with van der Waals surface area (Å²) in [5, 5.41) is 2.98. The number of rotatable bonds is 2. The molecule has 36 heavy (non-hydrogen) atoms. The summed E-state index contributed by atoms with van der Waals surface area (Å²) >= 11 is 0. The van der Waals surface area contributed by atoms with E-state index in [-0.39, 0.29) is 12.2 Å². The van der Waals surface area contributed by atoms with Crippen LogP contribution < -0.4 is 10.6 Å². The van der Waals surface area contributed by atoms with Crippen molar-refractivity contribution < 1.29 is 19.1 Å². The van der Waals surface area contributed by atoms with Gasteiger partial charge in [-0.25, -0.2) is 9.59 Å². The van der Waals surface area contributed by atoms with Gasteiger partial charge in [0.15, 0.2) is 0 Å². The topological polar surface area (TPSA) is 59.1 Å². The molecule has 0 bridgehead atoms. The van der Waals surface area contributed by atoms with Crippen LogP contribution in [-0.4, -0.2) is 82.0 Å². The van der Waals surface area contributed by atoms with E-state index >= 15 is 0 Å². The molecule has 2 saturated heterocycles. The van der Waals surface area contributed by atoms with Gasteiger partial charge in [0.05, 0.1) is 0 Å². The Morgan fingerprint density at radius 2 is 0.944 bits per heavy atom. The predicted molar refractivity (Wildman–Crippen MR) is 153 cm³/mol. The standard InChI is InChI=1S/C28H46N2O4P2/c1-19-15-29(25(31)33-27(5,6)7)16-20(2)35(19)23-13-11-12-14-24(23)36-21(3)17-30(18-22(36)4)26(32)34-28(8,9)10/h11-14,19-22H,15-18H2,1-10H3/t19-,20-,21-,22-/m1/s1. The Kier molecular flexibility index (Phi) is 9.05. The molecule has 3 rings (SSSR count). The molecule has 1 aromatic rings. The lowest BCUT2D eigenvalue weighted by Crippen LogP contribution is -2.51. The number of hydrogen-bond donors (Lipinski definition) is 0. The molecule has 0 aromatic heterocycles. The van der Waals surface area contributed by atoms with Gasteiger partial charge in [0.1, 0.15) is 11.2 Å². The van der Waals surface area contributed by atoms with Crippen LogP contribution in [-0.2, 0) is 9.47 Å². The minimum atomic E-state index is -0.485. The fourth-order valence-corrected chi connectivity index (χ4v) is 12.5. The maximum Gasteiger partial charge on any atom is 0.410 e. The van der Waals surface area contributed by atoms with Gasteiger partial charge in [-0.05, 0) is 74.8 Å². The van der Waals surface area contributed by atoms with Crippen molar-refractivity contribution in [2.75, 3.05) is 26.2 Å². The molecular formula is C28H46N2O4P2. The van der Waals surface area contributed by atoms with E-state index in [1.165, 1.54) is 10.6 Å². The van der Waals surface area contributed by atoms with Gasteiger partial charge in [-0.3, -0.25) is 0 Å². The second-order valence-corrected chi connectivity index (χ2v) is 18.6. The first-order chi connectivity index (χ1) is 16.6. The molecule has 0 N–H and O–H groups in total. The Bertz CT molecular complexity index is 843. The fourth-order valence-electron chi connectivity index (χ4n) is 5.45. The van der Waals surface area contributed by atoms with Crippen LogP contribution in [0.3, 0.4) is 0 Å². The molecule has 202 valence electrons. The summed E-state index contributed by atoms with van der Waals surface area (Å²) in [5.74, 6) is 0. The average Bonchev–Trinajstić information content (AvgIpc) is 2.71. The zero-order valence-electron chi connectivity index (χ0n) is 23.9. The average molecular weight is 537 g/mol. The van der Waals surface area contributed by atoms with Crippen molar-refractivity contribution >= 4 is 38.6 Å². The Morgan fingerprint density at radius 3 is 1.19 bits per heavy atom.